The van der Waals surface area contributed by atoms with E-state index in [1.807, 2.05) is 37.1 Å². The number of pyridine rings is 2. The summed E-state index contributed by atoms with van der Waals surface area (Å²) in [5, 5.41) is 4.56. The van der Waals surface area contributed by atoms with Crippen molar-refractivity contribution in [1.82, 2.24) is 35.3 Å². The van der Waals surface area contributed by atoms with Crippen LogP contribution in [-0.4, -0.2) is 94.6 Å². The van der Waals surface area contributed by atoms with Crippen LogP contribution in [0.4, 0.5) is 11.5 Å². The lowest BCUT2D eigenvalue weighted by atomic mass is 9.89. The van der Waals surface area contributed by atoms with Crippen molar-refractivity contribution in [1.29, 1.82) is 0 Å². The van der Waals surface area contributed by atoms with Crippen molar-refractivity contribution in [2.45, 2.75) is 27.2 Å². The number of amides is 3. The molecule has 0 bridgehead atoms. The SMILES string of the molecule is COC(=O)c1cccc(N2CC3CN(C(=O)c4nc5c(C)cc(N6CCC(C)(C(=O)NNC(C)=O)C6)cn5n4)CC3C2)n1. The topological polar surface area (TPSA) is 154 Å². The summed E-state index contributed by atoms with van der Waals surface area (Å²) in [6.07, 6.45) is 2.47. The van der Waals surface area contributed by atoms with Crippen LogP contribution in [0.25, 0.3) is 5.65 Å². The molecule has 2 N–H and O–H groups in total. The van der Waals surface area contributed by atoms with E-state index in [0.717, 1.165) is 30.2 Å². The fraction of sp³-hybridized carbons (Fsp3) is 0.483. The molecule has 3 aliphatic heterocycles. The first-order valence-electron chi connectivity index (χ1n) is 14.3. The fourth-order valence-corrected chi connectivity index (χ4v) is 6.36. The summed E-state index contributed by atoms with van der Waals surface area (Å²) in [7, 11) is 1.34. The summed E-state index contributed by atoms with van der Waals surface area (Å²) in [5.74, 6) is 0.228. The van der Waals surface area contributed by atoms with Gasteiger partial charge in [-0.2, -0.15) is 0 Å². The summed E-state index contributed by atoms with van der Waals surface area (Å²) in [4.78, 5) is 64.4. The number of methoxy groups -OCH3 is 1. The Bertz CT molecular complexity index is 1610. The Morgan fingerprint density at radius 1 is 1.02 bits per heavy atom. The molecule has 226 valence electrons. The zero-order chi connectivity index (χ0) is 30.5. The number of nitrogens with one attached hydrogen (secondary N) is 2. The molecule has 0 saturated carbocycles. The molecular formula is C29H35N9O5. The van der Waals surface area contributed by atoms with Gasteiger partial charge in [-0.15, -0.1) is 5.10 Å². The molecule has 3 atom stereocenters. The van der Waals surface area contributed by atoms with E-state index in [1.54, 1.807) is 16.6 Å². The number of aryl methyl sites for hydroxylation is 1. The van der Waals surface area contributed by atoms with Crippen LogP contribution in [0.1, 0.15) is 46.9 Å². The number of anilines is 2. The van der Waals surface area contributed by atoms with Gasteiger partial charge in [-0.25, -0.2) is 19.3 Å². The minimum Gasteiger partial charge on any atom is -0.464 e. The van der Waals surface area contributed by atoms with E-state index in [4.69, 9.17) is 4.74 Å². The van der Waals surface area contributed by atoms with Gasteiger partial charge in [0.2, 0.25) is 17.6 Å². The number of hydrogen-bond donors (Lipinski definition) is 2. The van der Waals surface area contributed by atoms with E-state index >= 15 is 0 Å². The molecule has 3 unspecified atom stereocenters. The molecule has 0 aliphatic carbocycles. The molecule has 43 heavy (non-hydrogen) atoms. The van der Waals surface area contributed by atoms with Crippen molar-refractivity contribution in [2.24, 2.45) is 17.3 Å². The molecule has 3 aliphatic rings. The van der Waals surface area contributed by atoms with Crippen molar-refractivity contribution in [2.75, 3.05) is 56.2 Å². The highest BCUT2D eigenvalue weighted by Gasteiger charge is 2.43. The number of esters is 1. The van der Waals surface area contributed by atoms with Crippen LogP contribution in [0, 0.1) is 24.2 Å². The Morgan fingerprint density at radius 3 is 2.47 bits per heavy atom. The van der Waals surface area contributed by atoms with Gasteiger partial charge in [-0.3, -0.25) is 25.2 Å². The van der Waals surface area contributed by atoms with E-state index in [1.165, 1.54) is 14.0 Å². The van der Waals surface area contributed by atoms with Crippen molar-refractivity contribution < 1.29 is 23.9 Å². The number of aromatic nitrogens is 4. The van der Waals surface area contributed by atoms with Crippen LogP contribution < -0.4 is 20.7 Å². The molecule has 6 rings (SSSR count). The highest BCUT2D eigenvalue weighted by molar-refractivity contribution is 5.91. The Balaban J connectivity index is 1.12. The lowest BCUT2D eigenvalue weighted by Gasteiger charge is -2.24. The molecule has 3 saturated heterocycles. The summed E-state index contributed by atoms with van der Waals surface area (Å²) in [6.45, 7) is 8.96. The number of nitrogens with zero attached hydrogens (tertiary/aromatic N) is 7. The van der Waals surface area contributed by atoms with E-state index in [9.17, 15) is 19.2 Å². The maximum atomic E-state index is 13.5. The quantitative estimate of drug-likeness (QED) is 0.323. The second-order valence-corrected chi connectivity index (χ2v) is 12.0. The third-order valence-corrected chi connectivity index (χ3v) is 8.76. The summed E-state index contributed by atoms with van der Waals surface area (Å²) >= 11 is 0. The predicted octanol–water partition coefficient (Wildman–Crippen LogP) is 0.811. The summed E-state index contributed by atoms with van der Waals surface area (Å²) in [6, 6.07) is 7.31. The monoisotopic (exact) mass is 589 g/mol. The number of rotatable bonds is 5. The van der Waals surface area contributed by atoms with E-state index < -0.39 is 11.4 Å². The first kappa shape index (κ1) is 28.4. The number of carbonyl (C=O) groups excluding carboxylic acids is 4. The molecule has 3 aromatic rings. The maximum Gasteiger partial charge on any atom is 0.356 e. The smallest absolute Gasteiger partial charge is 0.356 e. The molecule has 0 radical (unpaired) electrons. The van der Waals surface area contributed by atoms with Crippen LogP contribution >= 0.6 is 0 Å². The van der Waals surface area contributed by atoms with Crippen LogP contribution in [0.2, 0.25) is 0 Å². The standard InChI is InChI=1S/C29H35N9O5/c1-17-10-21(35-9-8-29(3,16-35)28(42)33-32-18(2)39)15-38-25(17)31-24(34-38)26(40)37-13-19-11-36(12-20(19)14-37)23-7-5-6-22(30-23)27(41)43-4/h5-7,10,15,19-20H,8-9,11-14,16H2,1-4H3,(H,32,39)(H,33,42). The van der Waals surface area contributed by atoms with Crippen molar-refractivity contribution in [3.05, 3.63) is 47.5 Å². The van der Waals surface area contributed by atoms with E-state index in [2.05, 4.69) is 35.7 Å². The van der Waals surface area contributed by atoms with Crippen LogP contribution in [0.15, 0.2) is 30.5 Å². The van der Waals surface area contributed by atoms with Gasteiger partial charge in [0.05, 0.1) is 24.4 Å². The number of hydrogen-bond acceptors (Lipinski definition) is 10. The zero-order valence-electron chi connectivity index (χ0n) is 24.7. The van der Waals surface area contributed by atoms with E-state index in [0.29, 0.717) is 38.2 Å². The van der Waals surface area contributed by atoms with Gasteiger partial charge in [0.1, 0.15) is 5.82 Å². The molecule has 0 spiro atoms. The lowest BCUT2D eigenvalue weighted by molar-refractivity contribution is -0.133. The van der Waals surface area contributed by atoms with Gasteiger partial charge in [0, 0.05) is 58.0 Å². The Hall–Kier alpha value is -4.75. The van der Waals surface area contributed by atoms with Crippen molar-refractivity contribution in [3.63, 3.8) is 0 Å². The second kappa shape index (κ2) is 10.8. The number of ether oxygens (including phenoxy) is 1. The van der Waals surface area contributed by atoms with Gasteiger partial charge >= 0.3 is 5.97 Å². The highest BCUT2D eigenvalue weighted by atomic mass is 16.5. The van der Waals surface area contributed by atoms with E-state index in [-0.39, 0.29) is 41.1 Å². The summed E-state index contributed by atoms with van der Waals surface area (Å²) < 4.78 is 6.44. The Kier molecular flexibility index (Phi) is 7.14. The average molecular weight is 590 g/mol. The minimum absolute atomic E-state index is 0.158. The largest absolute Gasteiger partial charge is 0.464 e. The summed E-state index contributed by atoms with van der Waals surface area (Å²) in [5.41, 5.74) is 6.83. The molecule has 0 aromatic carbocycles. The second-order valence-electron chi connectivity index (χ2n) is 12.0. The molecular weight excluding hydrogens is 554 g/mol. The number of carbonyl (C=O) groups is 4. The minimum atomic E-state index is -0.668. The van der Waals surface area contributed by atoms with Crippen molar-refractivity contribution >= 4 is 40.8 Å². The van der Waals surface area contributed by atoms with Crippen molar-refractivity contribution in [3.8, 4) is 0 Å². The van der Waals surface area contributed by atoms with Crippen LogP contribution in [-0.2, 0) is 14.3 Å². The van der Waals surface area contributed by atoms with Crippen LogP contribution in [0.3, 0.4) is 0 Å². The molecule has 3 aromatic heterocycles. The van der Waals surface area contributed by atoms with Gasteiger partial charge in [-0.05, 0) is 44.0 Å². The van der Waals surface area contributed by atoms with Gasteiger partial charge in [0.15, 0.2) is 11.3 Å². The van der Waals surface area contributed by atoms with Crippen LogP contribution in [0.5, 0.6) is 0 Å². The third-order valence-electron chi connectivity index (χ3n) is 8.76. The average Bonchev–Trinajstić information content (AvgIpc) is 3.77. The molecule has 3 amide bonds. The molecule has 14 heteroatoms. The van der Waals surface area contributed by atoms with Gasteiger partial charge in [0.25, 0.3) is 5.91 Å². The van der Waals surface area contributed by atoms with Gasteiger partial charge in [-0.1, -0.05) is 6.07 Å². The zero-order valence-corrected chi connectivity index (χ0v) is 24.7. The van der Waals surface area contributed by atoms with Gasteiger partial charge < -0.3 is 19.4 Å². The Morgan fingerprint density at radius 2 is 1.77 bits per heavy atom. The normalized spacial score (nSPS) is 23.0. The number of likely N-dealkylation sites (tertiary alicyclic amines) is 1. The Labute approximate surface area is 248 Å². The first-order valence-corrected chi connectivity index (χ1v) is 14.3. The molecule has 3 fully saturated rings. The third kappa shape index (κ3) is 5.32. The lowest BCUT2D eigenvalue weighted by Crippen LogP contribution is -2.48. The fourth-order valence-electron chi connectivity index (χ4n) is 6.36. The maximum absolute atomic E-state index is 13.5. The number of fused-ring (bicyclic) bond motifs is 2. The first-order chi connectivity index (χ1) is 20.5. The number of hydrazine groups is 1. The predicted molar refractivity (Wildman–Crippen MR) is 155 cm³/mol. The molecule has 14 nitrogen and oxygen atoms in total. The molecule has 6 heterocycles. The highest BCUT2D eigenvalue weighted by Crippen LogP contribution is 2.35.